The molecular formula is C16H25N3. The third-order valence-corrected chi connectivity index (χ3v) is 2.14. The highest BCUT2D eigenvalue weighted by atomic mass is 15.0. The Bertz CT molecular complexity index is 427. The number of aromatic nitrogens is 2. The lowest BCUT2D eigenvalue weighted by atomic mass is 10.2. The Kier molecular flexibility index (Phi) is 10.1. The van der Waals surface area contributed by atoms with Crippen LogP contribution in [0.1, 0.15) is 38.8 Å². The number of pyridine rings is 2. The number of aryl methyl sites for hydroxylation is 1. The van der Waals surface area contributed by atoms with E-state index in [9.17, 15) is 0 Å². The zero-order valence-corrected chi connectivity index (χ0v) is 12.6. The van der Waals surface area contributed by atoms with Crippen molar-refractivity contribution in [2.45, 2.75) is 41.2 Å². The molecule has 0 saturated heterocycles. The summed E-state index contributed by atoms with van der Waals surface area (Å²) in [6.07, 6.45) is 5.39. The molecule has 3 heteroatoms. The molecule has 0 aliphatic heterocycles. The molecule has 0 atom stereocenters. The Morgan fingerprint density at radius 1 is 0.947 bits per heavy atom. The largest absolute Gasteiger partial charge is 0.366 e. The molecule has 0 aliphatic carbocycles. The van der Waals surface area contributed by atoms with Crippen molar-refractivity contribution in [2.24, 2.45) is 0 Å². The van der Waals surface area contributed by atoms with Crippen LogP contribution in [0.5, 0.6) is 0 Å². The van der Waals surface area contributed by atoms with Gasteiger partial charge in [-0.25, -0.2) is 4.98 Å². The van der Waals surface area contributed by atoms with Crippen LogP contribution in [0.2, 0.25) is 0 Å². The predicted molar refractivity (Wildman–Crippen MR) is 83.2 cm³/mol. The monoisotopic (exact) mass is 259 g/mol. The van der Waals surface area contributed by atoms with Crippen LogP contribution >= 0.6 is 0 Å². The lowest BCUT2D eigenvalue weighted by Gasteiger charge is -2.05. The first kappa shape index (κ1) is 17.1. The van der Waals surface area contributed by atoms with E-state index in [1.165, 1.54) is 11.1 Å². The van der Waals surface area contributed by atoms with Gasteiger partial charge in [-0.05, 0) is 42.3 Å². The Morgan fingerprint density at radius 3 is 2.16 bits per heavy atom. The molecule has 1 N–H and O–H groups in total. The number of anilines is 1. The normalized spacial score (nSPS) is 8.47. The summed E-state index contributed by atoms with van der Waals surface area (Å²) in [5.41, 5.74) is 2.41. The van der Waals surface area contributed by atoms with Crippen LogP contribution in [0.15, 0.2) is 42.9 Å². The number of rotatable bonds is 3. The van der Waals surface area contributed by atoms with Crippen LogP contribution in [0, 0.1) is 6.92 Å². The first-order valence-electron chi connectivity index (χ1n) is 6.90. The summed E-state index contributed by atoms with van der Waals surface area (Å²) >= 11 is 0. The maximum absolute atomic E-state index is 4.23. The van der Waals surface area contributed by atoms with E-state index in [1.807, 2.05) is 58.2 Å². The van der Waals surface area contributed by atoms with Crippen LogP contribution in [0.3, 0.4) is 0 Å². The highest BCUT2D eigenvalue weighted by molar-refractivity contribution is 5.37. The molecule has 104 valence electrons. The Morgan fingerprint density at radius 2 is 1.58 bits per heavy atom. The van der Waals surface area contributed by atoms with E-state index in [2.05, 4.69) is 22.2 Å². The van der Waals surface area contributed by atoms with E-state index >= 15 is 0 Å². The van der Waals surface area contributed by atoms with Gasteiger partial charge in [0, 0.05) is 25.1 Å². The molecule has 0 spiro atoms. The topological polar surface area (TPSA) is 37.8 Å². The van der Waals surface area contributed by atoms with Gasteiger partial charge in [0.05, 0.1) is 0 Å². The quantitative estimate of drug-likeness (QED) is 0.885. The summed E-state index contributed by atoms with van der Waals surface area (Å²) in [6.45, 7) is 10.8. The number of hydrogen-bond donors (Lipinski definition) is 1. The van der Waals surface area contributed by atoms with Crippen molar-refractivity contribution in [2.75, 3.05) is 5.32 Å². The molecule has 2 aromatic heterocycles. The fourth-order valence-corrected chi connectivity index (χ4v) is 1.33. The fraction of sp³-hybridized carbons (Fsp3) is 0.375. The Labute approximate surface area is 117 Å². The smallest absolute Gasteiger partial charge is 0.126 e. The molecule has 0 amide bonds. The van der Waals surface area contributed by atoms with Gasteiger partial charge in [0.25, 0.3) is 0 Å². The third-order valence-electron chi connectivity index (χ3n) is 2.14. The highest BCUT2D eigenvalue weighted by Crippen LogP contribution is 2.07. The summed E-state index contributed by atoms with van der Waals surface area (Å²) in [5, 5.41) is 3.26. The van der Waals surface area contributed by atoms with Gasteiger partial charge in [-0.1, -0.05) is 27.7 Å². The van der Waals surface area contributed by atoms with Crippen molar-refractivity contribution in [1.82, 2.24) is 9.97 Å². The molecule has 2 rings (SSSR count). The maximum atomic E-state index is 4.23. The highest BCUT2D eigenvalue weighted by Gasteiger charge is 1.94. The second kappa shape index (κ2) is 11.2. The van der Waals surface area contributed by atoms with Crippen LogP contribution in [-0.2, 0) is 6.54 Å². The molecule has 0 aromatic carbocycles. The molecule has 0 unspecified atom stereocenters. The SMILES string of the molecule is CC.CC.Cc1ccnc(NCc2ccncc2)c1. The van der Waals surface area contributed by atoms with Crippen molar-refractivity contribution in [3.05, 3.63) is 54.0 Å². The molecule has 2 heterocycles. The van der Waals surface area contributed by atoms with Gasteiger partial charge in [-0.15, -0.1) is 0 Å². The van der Waals surface area contributed by atoms with Crippen LogP contribution in [0.4, 0.5) is 5.82 Å². The molecule has 0 aliphatic rings. The summed E-state index contributed by atoms with van der Waals surface area (Å²) < 4.78 is 0. The summed E-state index contributed by atoms with van der Waals surface area (Å²) in [6, 6.07) is 7.99. The number of nitrogens with one attached hydrogen (secondary N) is 1. The van der Waals surface area contributed by atoms with Gasteiger partial charge in [0.15, 0.2) is 0 Å². The van der Waals surface area contributed by atoms with Crippen molar-refractivity contribution in [3.8, 4) is 0 Å². The lowest BCUT2D eigenvalue weighted by molar-refractivity contribution is 1.09. The second-order valence-electron chi connectivity index (χ2n) is 3.43. The van der Waals surface area contributed by atoms with E-state index < -0.39 is 0 Å². The average molecular weight is 259 g/mol. The minimum Gasteiger partial charge on any atom is -0.366 e. The molecule has 19 heavy (non-hydrogen) atoms. The van der Waals surface area contributed by atoms with Gasteiger partial charge < -0.3 is 5.32 Å². The van der Waals surface area contributed by atoms with Crippen molar-refractivity contribution in [1.29, 1.82) is 0 Å². The first-order valence-corrected chi connectivity index (χ1v) is 6.90. The minimum absolute atomic E-state index is 0.777. The number of nitrogens with zero attached hydrogens (tertiary/aromatic N) is 2. The zero-order chi connectivity index (χ0) is 14.5. The van der Waals surface area contributed by atoms with Crippen LogP contribution < -0.4 is 5.32 Å². The second-order valence-corrected chi connectivity index (χ2v) is 3.43. The predicted octanol–water partition coefficient (Wildman–Crippen LogP) is 4.45. The van der Waals surface area contributed by atoms with E-state index in [0.29, 0.717) is 0 Å². The molecule has 0 bridgehead atoms. The molecule has 0 radical (unpaired) electrons. The first-order chi connectivity index (χ1) is 9.34. The molecule has 0 saturated carbocycles. The Hall–Kier alpha value is -1.90. The van der Waals surface area contributed by atoms with E-state index in [-0.39, 0.29) is 0 Å². The van der Waals surface area contributed by atoms with Crippen molar-refractivity contribution < 1.29 is 0 Å². The summed E-state index contributed by atoms with van der Waals surface area (Å²) in [7, 11) is 0. The third kappa shape index (κ3) is 7.19. The summed E-state index contributed by atoms with van der Waals surface area (Å²) in [5.74, 6) is 0.909. The number of hydrogen-bond acceptors (Lipinski definition) is 3. The molecule has 2 aromatic rings. The lowest BCUT2D eigenvalue weighted by Crippen LogP contribution is -2.01. The zero-order valence-electron chi connectivity index (χ0n) is 12.6. The van der Waals surface area contributed by atoms with Crippen LogP contribution in [0.25, 0.3) is 0 Å². The van der Waals surface area contributed by atoms with Gasteiger partial charge in [-0.2, -0.15) is 0 Å². The minimum atomic E-state index is 0.777. The van der Waals surface area contributed by atoms with Gasteiger partial charge in [-0.3, -0.25) is 4.98 Å². The maximum Gasteiger partial charge on any atom is 0.126 e. The van der Waals surface area contributed by atoms with Gasteiger partial charge in [0.1, 0.15) is 5.82 Å². The van der Waals surface area contributed by atoms with E-state index in [0.717, 1.165) is 12.4 Å². The molecule has 3 nitrogen and oxygen atoms in total. The average Bonchev–Trinajstić information content (AvgIpc) is 2.50. The van der Waals surface area contributed by atoms with Gasteiger partial charge >= 0.3 is 0 Å². The Balaban J connectivity index is 0.000000741. The van der Waals surface area contributed by atoms with Gasteiger partial charge in [0.2, 0.25) is 0 Å². The van der Waals surface area contributed by atoms with E-state index in [1.54, 1.807) is 12.4 Å². The van der Waals surface area contributed by atoms with Crippen molar-refractivity contribution in [3.63, 3.8) is 0 Å². The van der Waals surface area contributed by atoms with Crippen molar-refractivity contribution >= 4 is 5.82 Å². The standard InChI is InChI=1S/C12H13N3.2C2H6/c1-10-2-7-14-12(8-10)15-9-11-3-5-13-6-4-11;2*1-2/h2-8H,9H2,1H3,(H,14,15);2*1-2H3. The fourth-order valence-electron chi connectivity index (χ4n) is 1.33. The molecular weight excluding hydrogens is 234 g/mol. The van der Waals surface area contributed by atoms with E-state index in [4.69, 9.17) is 0 Å². The molecule has 0 fully saturated rings. The van der Waals surface area contributed by atoms with Crippen LogP contribution in [-0.4, -0.2) is 9.97 Å². The summed E-state index contributed by atoms with van der Waals surface area (Å²) in [4.78, 5) is 8.20.